The highest BCUT2D eigenvalue weighted by Gasteiger charge is 2.12. The summed E-state index contributed by atoms with van der Waals surface area (Å²) in [5, 5.41) is 10.6. The van der Waals surface area contributed by atoms with Crippen molar-refractivity contribution in [3.63, 3.8) is 0 Å². The van der Waals surface area contributed by atoms with E-state index in [0.29, 0.717) is 5.75 Å². The largest absolute Gasteiger partial charge is 0.484 e. The molecule has 0 saturated heterocycles. The Kier molecular flexibility index (Phi) is 6.42. The van der Waals surface area contributed by atoms with Gasteiger partial charge in [-0.05, 0) is 29.8 Å². The highest BCUT2D eigenvalue weighted by atomic mass is 19.3. The van der Waals surface area contributed by atoms with E-state index in [-0.39, 0.29) is 30.5 Å². The summed E-state index contributed by atoms with van der Waals surface area (Å²) >= 11 is 0. The van der Waals surface area contributed by atoms with Crippen molar-refractivity contribution in [2.24, 2.45) is 0 Å². The number of ether oxygens (including phenoxy) is 2. The van der Waals surface area contributed by atoms with Gasteiger partial charge < -0.3 is 14.4 Å². The zero-order valence-corrected chi connectivity index (χ0v) is 13.8. The molecule has 26 heavy (non-hydrogen) atoms. The van der Waals surface area contributed by atoms with Gasteiger partial charge in [0.05, 0.1) is 4.92 Å². The Morgan fingerprint density at radius 3 is 2.23 bits per heavy atom. The molecule has 2 aromatic carbocycles. The van der Waals surface area contributed by atoms with Crippen LogP contribution in [0.25, 0.3) is 0 Å². The van der Waals surface area contributed by atoms with Crippen LogP contribution < -0.4 is 9.47 Å². The maximum atomic E-state index is 12.1. The Morgan fingerprint density at radius 1 is 1.12 bits per heavy atom. The van der Waals surface area contributed by atoms with Crippen LogP contribution in [0.1, 0.15) is 5.56 Å². The fourth-order valence-electron chi connectivity index (χ4n) is 2.06. The molecule has 9 heteroatoms. The van der Waals surface area contributed by atoms with Gasteiger partial charge in [0.25, 0.3) is 11.6 Å². The van der Waals surface area contributed by atoms with Crippen LogP contribution >= 0.6 is 0 Å². The highest BCUT2D eigenvalue weighted by Crippen LogP contribution is 2.18. The molecule has 2 aromatic rings. The molecule has 138 valence electrons. The number of nitro benzene ring substituents is 1. The predicted molar refractivity (Wildman–Crippen MR) is 88.1 cm³/mol. The van der Waals surface area contributed by atoms with Gasteiger partial charge in [-0.25, -0.2) is 0 Å². The van der Waals surface area contributed by atoms with Crippen molar-refractivity contribution in [1.29, 1.82) is 0 Å². The van der Waals surface area contributed by atoms with E-state index in [1.807, 2.05) is 0 Å². The van der Waals surface area contributed by atoms with Crippen molar-refractivity contribution in [3.8, 4) is 11.5 Å². The van der Waals surface area contributed by atoms with Crippen LogP contribution in [0.3, 0.4) is 0 Å². The second-order valence-corrected chi connectivity index (χ2v) is 5.31. The molecule has 0 aliphatic heterocycles. The third kappa shape index (κ3) is 5.69. The summed E-state index contributed by atoms with van der Waals surface area (Å²) in [7, 11) is 1.57. The molecule has 0 N–H and O–H groups in total. The quantitative estimate of drug-likeness (QED) is 0.529. The molecular formula is C17H16F2N2O5. The minimum Gasteiger partial charge on any atom is -0.484 e. The highest BCUT2D eigenvalue weighted by molar-refractivity contribution is 5.77. The minimum absolute atomic E-state index is 0.0410. The normalized spacial score (nSPS) is 10.5. The molecule has 0 aliphatic rings. The number of nitrogens with zero attached hydrogens (tertiary/aromatic N) is 2. The number of amides is 1. The van der Waals surface area contributed by atoms with Crippen LogP contribution in [0, 0.1) is 10.1 Å². The summed E-state index contributed by atoms with van der Waals surface area (Å²) < 4.78 is 33.8. The molecule has 2 rings (SSSR count). The smallest absolute Gasteiger partial charge is 0.387 e. The van der Waals surface area contributed by atoms with E-state index < -0.39 is 11.5 Å². The number of rotatable bonds is 8. The molecule has 0 atom stereocenters. The van der Waals surface area contributed by atoms with Gasteiger partial charge in [0.2, 0.25) is 0 Å². The third-order valence-corrected chi connectivity index (χ3v) is 3.40. The van der Waals surface area contributed by atoms with Crippen LogP contribution in [-0.2, 0) is 11.3 Å². The average molecular weight is 366 g/mol. The van der Waals surface area contributed by atoms with E-state index in [0.717, 1.165) is 5.56 Å². The second-order valence-electron chi connectivity index (χ2n) is 5.31. The monoisotopic (exact) mass is 366 g/mol. The Bertz CT molecular complexity index is 751. The molecule has 0 heterocycles. The Morgan fingerprint density at radius 2 is 1.69 bits per heavy atom. The number of nitro groups is 1. The fourth-order valence-corrected chi connectivity index (χ4v) is 2.06. The molecule has 1 amide bonds. The zero-order valence-electron chi connectivity index (χ0n) is 13.8. The summed E-state index contributed by atoms with van der Waals surface area (Å²) in [5.74, 6) is 0.0707. The maximum absolute atomic E-state index is 12.1. The molecule has 0 spiro atoms. The standard InChI is InChI=1S/C17H16F2N2O5/c1-20(10-12-2-6-15(7-3-12)26-17(18)19)16(22)11-25-14-8-4-13(5-9-14)21(23)24/h2-9,17H,10-11H2,1H3. The summed E-state index contributed by atoms with van der Waals surface area (Å²) in [6, 6.07) is 11.3. The van der Waals surface area contributed by atoms with E-state index in [1.54, 1.807) is 19.2 Å². The van der Waals surface area contributed by atoms with E-state index in [9.17, 15) is 23.7 Å². The Labute approximate surface area is 147 Å². The van der Waals surface area contributed by atoms with Crippen molar-refractivity contribution < 1.29 is 28.0 Å². The number of carbonyl (C=O) groups excluding carboxylic acids is 1. The first-order valence-electron chi connectivity index (χ1n) is 7.50. The lowest BCUT2D eigenvalue weighted by Gasteiger charge is -2.18. The van der Waals surface area contributed by atoms with Gasteiger partial charge in [0.1, 0.15) is 11.5 Å². The number of halogens is 2. The summed E-state index contributed by atoms with van der Waals surface area (Å²) in [4.78, 5) is 23.5. The maximum Gasteiger partial charge on any atom is 0.387 e. The van der Waals surface area contributed by atoms with Crippen LogP contribution in [0.2, 0.25) is 0 Å². The Balaban J connectivity index is 1.84. The first-order chi connectivity index (χ1) is 12.3. The number of alkyl halides is 2. The molecule has 0 unspecified atom stereocenters. The first kappa shape index (κ1) is 19.1. The van der Waals surface area contributed by atoms with E-state index in [1.165, 1.54) is 41.3 Å². The van der Waals surface area contributed by atoms with Gasteiger partial charge in [-0.1, -0.05) is 12.1 Å². The predicted octanol–water partition coefficient (Wildman–Crippen LogP) is 3.23. The number of hydrogen-bond donors (Lipinski definition) is 0. The molecule has 0 aromatic heterocycles. The van der Waals surface area contributed by atoms with Crippen molar-refractivity contribution >= 4 is 11.6 Å². The average Bonchev–Trinajstić information content (AvgIpc) is 2.61. The second kappa shape index (κ2) is 8.75. The lowest BCUT2D eigenvalue weighted by atomic mass is 10.2. The van der Waals surface area contributed by atoms with Gasteiger partial charge in [-0.3, -0.25) is 14.9 Å². The van der Waals surface area contributed by atoms with Gasteiger partial charge in [0, 0.05) is 25.7 Å². The molecule has 7 nitrogen and oxygen atoms in total. The number of benzene rings is 2. The van der Waals surface area contributed by atoms with Crippen molar-refractivity contribution in [2.45, 2.75) is 13.2 Å². The van der Waals surface area contributed by atoms with Crippen molar-refractivity contribution in [1.82, 2.24) is 4.90 Å². The van der Waals surface area contributed by atoms with Gasteiger partial charge >= 0.3 is 6.61 Å². The lowest BCUT2D eigenvalue weighted by molar-refractivity contribution is -0.384. The number of hydrogen-bond acceptors (Lipinski definition) is 5. The molecule has 0 bridgehead atoms. The van der Waals surface area contributed by atoms with E-state index >= 15 is 0 Å². The first-order valence-corrected chi connectivity index (χ1v) is 7.50. The topological polar surface area (TPSA) is 81.9 Å². The zero-order chi connectivity index (χ0) is 19.1. The van der Waals surface area contributed by atoms with Crippen molar-refractivity contribution in [3.05, 3.63) is 64.2 Å². The van der Waals surface area contributed by atoms with E-state index in [2.05, 4.69) is 4.74 Å². The molecule has 0 aliphatic carbocycles. The number of likely N-dealkylation sites (N-methyl/N-ethyl adjacent to an activating group) is 1. The summed E-state index contributed by atoms with van der Waals surface area (Å²) in [6.45, 7) is -2.86. The van der Waals surface area contributed by atoms with Gasteiger partial charge in [-0.2, -0.15) is 8.78 Å². The molecule has 0 saturated carbocycles. The molecular weight excluding hydrogens is 350 g/mol. The fraction of sp³-hybridized carbons (Fsp3) is 0.235. The van der Waals surface area contributed by atoms with Crippen LogP contribution in [0.15, 0.2) is 48.5 Å². The van der Waals surface area contributed by atoms with Crippen LogP contribution in [-0.4, -0.2) is 36.0 Å². The van der Waals surface area contributed by atoms with E-state index in [4.69, 9.17) is 4.74 Å². The molecule has 0 fully saturated rings. The number of non-ortho nitro benzene ring substituents is 1. The van der Waals surface area contributed by atoms with Crippen LogP contribution in [0.4, 0.5) is 14.5 Å². The SMILES string of the molecule is CN(Cc1ccc(OC(F)F)cc1)C(=O)COc1ccc([N+](=O)[O-])cc1. The summed E-state index contributed by atoms with van der Waals surface area (Å²) in [6.07, 6.45) is 0. The molecule has 0 radical (unpaired) electrons. The van der Waals surface area contributed by atoms with Crippen molar-refractivity contribution in [2.75, 3.05) is 13.7 Å². The minimum atomic E-state index is -2.89. The Hall–Kier alpha value is -3.23. The lowest BCUT2D eigenvalue weighted by Crippen LogP contribution is -2.30. The van der Waals surface area contributed by atoms with Gasteiger partial charge in [0.15, 0.2) is 6.61 Å². The van der Waals surface area contributed by atoms with Crippen LogP contribution in [0.5, 0.6) is 11.5 Å². The third-order valence-electron chi connectivity index (χ3n) is 3.40. The number of carbonyl (C=O) groups is 1. The van der Waals surface area contributed by atoms with Gasteiger partial charge in [-0.15, -0.1) is 0 Å². The summed E-state index contributed by atoms with van der Waals surface area (Å²) in [5.41, 5.74) is 0.665.